The lowest BCUT2D eigenvalue weighted by Crippen LogP contribution is -2.48. The molecule has 6 atom stereocenters. The minimum atomic E-state index is -4.95. The van der Waals surface area contributed by atoms with Crippen molar-refractivity contribution in [2.75, 3.05) is 19.7 Å². The van der Waals surface area contributed by atoms with Crippen LogP contribution in [0.3, 0.4) is 0 Å². The summed E-state index contributed by atoms with van der Waals surface area (Å²) in [4.78, 5) is 0. The first-order valence-electron chi connectivity index (χ1n) is 14.0. The molecule has 2 aromatic carbocycles. The van der Waals surface area contributed by atoms with Crippen LogP contribution in [0.1, 0.15) is 73.3 Å². The summed E-state index contributed by atoms with van der Waals surface area (Å²) in [6.07, 6.45) is -9.45. The van der Waals surface area contributed by atoms with Gasteiger partial charge in [-0.1, -0.05) is 30.3 Å². The Kier molecular flexibility index (Phi) is 8.74. The molecule has 3 saturated heterocycles. The molecule has 0 aliphatic carbocycles. The van der Waals surface area contributed by atoms with Gasteiger partial charge in [-0.05, 0) is 80.9 Å². The molecule has 5 nitrogen and oxygen atoms in total. The zero-order chi connectivity index (χ0) is 29.4. The highest BCUT2D eigenvalue weighted by Gasteiger charge is 2.50. The first-order valence-corrected chi connectivity index (χ1v) is 14.0. The van der Waals surface area contributed by atoms with Gasteiger partial charge in [0.15, 0.2) is 6.29 Å². The predicted octanol–water partition coefficient (Wildman–Crippen LogP) is 6.61. The van der Waals surface area contributed by atoms with Gasteiger partial charge < -0.3 is 24.6 Å². The molecular weight excluding hydrogens is 552 g/mol. The normalized spacial score (nSPS) is 29.5. The van der Waals surface area contributed by atoms with Crippen molar-refractivity contribution in [2.24, 2.45) is 5.92 Å². The van der Waals surface area contributed by atoms with Gasteiger partial charge in [0.05, 0.1) is 41.6 Å². The van der Waals surface area contributed by atoms with Crippen LogP contribution in [0.25, 0.3) is 0 Å². The summed E-state index contributed by atoms with van der Waals surface area (Å²) < 4.78 is 99.5. The van der Waals surface area contributed by atoms with Gasteiger partial charge in [-0.3, -0.25) is 0 Å². The topological polar surface area (TPSA) is 60.0 Å². The number of benzene rings is 2. The highest BCUT2D eigenvalue weighted by molar-refractivity contribution is 5.35. The molecule has 3 aliphatic rings. The summed E-state index contributed by atoms with van der Waals surface area (Å²) >= 11 is 0. The SMILES string of the molecule is C[C@@H](O[C@H]1OCC[C@H](C[C@H]2CC(O)C3(CCNCC3)O2)[C@@H]1c1ccccc1)c1cc(C(F)(F)F)cc(C(F)(F)F)c1. The largest absolute Gasteiger partial charge is 0.416 e. The predicted molar refractivity (Wildman–Crippen MR) is 138 cm³/mol. The molecule has 3 aliphatic heterocycles. The molecule has 5 rings (SSSR count). The minimum Gasteiger partial charge on any atom is -0.390 e. The molecule has 0 saturated carbocycles. The molecule has 1 spiro atoms. The van der Waals surface area contributed by atoms with Gasteiger partial charge in [0.2, 0.25) is 0 Å². The van der Waals surface area contributed by atoms with Gasteiger partial charge in [0, 0.05) is 12.3 Å². The van der Waals surface area contributed by atoms with E-state index in [1.165, 1.54) is 6.92 Å². The van der Waals surface area contributed by atoms with Crippen molar-refractivity contribution in [3.8, 4) is 0 Å². The quantitative estimate of drug-likeness (QED) is 0.373. The second kappa shape index (κ2) is 11.8. The molecule has 1 unspecified atom stereocenters. The standard InChI is InChI=1S/C30H35F6NO4/c1-18(21-13-22(29(31,32)33)16-23(14-21)30(34,35)36)40-27-26(19-5-3-2-4-6-19)20(7-12-39-27)15-24-17-25(38)28(41-24)8-10-37-11-9-28/h2-6,13-14,16,18,20,24-27,37-38H,7-12,15,17H2,1H3/t18-,20-,24+,25?,26+,27-/m1/s1. The van der Waals surface area contributed by atoms with Crippen molar-refractivity contribution in [2.45, 2.75) is 87.5 Å². The third-order valence-electron chi connectivity index (χ3n) is 8.68. The molecule has 0 bridgehead atoms. The van der Waals surface area contributed by atoms with Gasteiger partial charge in [-0.15, -0.1) is 0 Å². The number of hydrogen-bond donors (Lipinski definition) is 2. The van der Waals surface area contributed by atoms with Crippen LogP contribution in [0, 0.1) is 5.92 Å². The Morgan fingerprint density at radius 2 is 1.63 bits per heavy atom. The Morgan fingerprint density at radius 1 is 1.00 bits per heavy atom. The summed E-state index contributed by atoms with van der Waals surface area (Å²) in [7, 11) is 0. The Morgan fingerprint density at radius 3 is 2.24 bits per heavy atom. The number of rotatable bonds is 6. The average molecular weight is 588 g/mol. The number of halogens is 6. The van der Waals surface area contributed by atoms with Crippen LogP contribution in [-0.4, -0.2) is 48.9 Å². The number of nitrogens with one attached hydrogen (secondary N) is 1. The first kappa shape index (κ1) is 30.3. The third kappa shape index (κ3) is 6.74. The van der Waals surface area contributed by atoms with E-state index in [2.05, 4.69) is 5.32 Å². The van der Waals surface area contributed by atoms with Crippen LogP contribution in [0.5, 0.6) is 0 Å². The molecule has 2 aromatic rings. The lowest BCUT2D eigenvalue weighted by Gasteiger charge is -2.41. The lowest BCUT2D eigenvalue weighted by molar-refractivity contribution is -0.212. The van der Waals surface area contributed by atoms with Gasteiger partial charge in [-0.2, -0.15) is 26.3 Å². The van der Waals surface area contributed by atoms with Crippen LogP contribution in [-0.2, 0) is 26.6 Å². The van der Waals surface area contributed by atoms with Crippen LogP contribution in [0.2, 0.25) is 0 Å². The zero-order valence-electron chi connectivity index (χ0n) is 22.7. The van der Waals surface area contributed by atoms with E-state index < -0.39 is 47.6 Å². The monoisotopic (exact) mass is 587 g/mol. The van der Waals surface area contributed by atoms with Crippen molar-refractivity contribution < 1.29 is 45.7 Å². The van der Waals surface area contributed by atoms with Gasteiger partial charge >= 0.3 is 12.4 Å². The molecule has 41 heavy (non-hydrogen) atoms. The van der Waals surface area contributed by atoms with E-state index in [1.807, 2.05) is 30.3 Å². The van der Waals surface area contributed by atoms with Crippen molar-refractivity contribution in [1.82, 2.24) is 5.32 Å². The summed E-state index contributed by atoms with van der Waals surface area (Å²) in [6, 6.07) is 10.9. The number of piperidine rings is 1. The van der Waals surface area contributed by atoms with E-state index >= 15 is 0 Å². The van der Waals surface area contributed by atoms with E-state index in [9.17, 15) is 31.4 Å². The van der Waals surface area contributed by atoms with Crippen molar-refractivity contribution in [3.63, 3.8) is 0 Å². The van der Waals surface area contributed by atoms with Crippen molar-refractivity contribution in [3.05, 3.63) is 70.8 Å². The maximum absolute atomic E-state index is 13.5. The molecule has 11 heteroatoms. The molecule has 3 heterocycles. The van der Waals surface area contributed by atoms with Crippen LogP contribution >= 0.6 is 0 Å². The smallest absolute Gasteiger partial charge is 0.390 e. The van der Waals surface area contributed by atoms with E-state index in [0.29, 0.717) is 38.0 Å². The Labute approximate surface area is 235 Å². The number of aliphatic hydroxyl groups is 1. The zero-order valence-corrected chi connectivity index (χ0v) is 22.7. The maximum atomic E-state index is 13.5. The molecule has 0 aromatic heterocycles. The number of ether oxygens (including phenoxy) is 3. The number of aliphatic hydroxyl groups excluding tert-OH is 1. The Hall–Kier alpha value is -2.18. The highest BCUT2D eigenvalue weighted by Crippen LogP contribution is 2.46. The number of alkyl halides is 6. The molecule has 0 radical (unpaired) electrons. The average Bonchev–Trinajstić information content (AvgIpc) is 3.21. The second-order valence-electron chi connectivity index (χ2n) is 11.4. The summed E-state index contributed by atoms with van der Waals surface area (Å²) in [5.74, 6) is -0.352. The fourth-order valence-electron chi connectivity index (χ4n) is 6.53. The minimum absolute atomic E-state index is 0.00957. The van der Waals surface area contributed by atoms with E-state index in [0.717, 1.165) is 31.5 Å². The Balaban J connectivity index is 1.39. The highest BCUT2D eigenvalue weighted by atomic mass is 19.4. The summed E-state index contributed by atoms with van der Waals surface area (Å²) in [5, 5.41) is 14.2. The van der Waals surface area contributed by atoms with Crippen molar-refractivity contribution in [1.29, 1.82) is 0 Å². The third-order valence-corrected chi connectivity index (χ3v) is 8.68. The first-order chi connectivity index (χ1) is 19.4. The lowest BCUT2D eigenvalue weighted by atomic mass is 9.78. The van der Waals surface area contributed by atoms with Gasteiger partial charge in [0.25, 0.3) is 0 Å². The van der Waals surface area contributed by atoms with Crippen LogP contribution < -0.4 is 5.32 Å². The fraction of sp³-hybridized carbons (Fsp3) is 0.600. The molecular formula is C30H35F6NO4. The second-order valence-corrected chi connectivity index (χ2v) is 11.4. The Bertz CT molecular complexity index is 1140. The maximum Gasteiger partial charge on any atom is 0.416 e. The van der Waals surface area contributed by atoms with Crippen molar-refractivity contribution >= 4 is 0 Å². The van der Waals surface area contributed by atoms with E-state index in [-0.39, 0.29) is 29.6 Å². The van der Waals surface area contributed by atoms with Gasteiger partial charge in [-0.25, -0.2) is 0 Å². The molecule has 2 N–H and O–H groups in total. The molecule has 226 valence electrons. The van der Waals surface area contributed by atoms with E-state index in [4.69, 9.17) is 14.2 Å². The summed E-state index contributed by atoms with van der Waals surface area (Å²) in [6.45, 7) is 3.29. The molecule has 0 amide bonds. The molecule has 3 fully saturated rings. The summed E-state index contributed by atoms with van der Waals surface area (Å²) in [5.41, 5.74) is -2.68. The van der Waals surface area contributed by atoms with Crippen LogP contribution in [0.15, 0.2) is 48.5 Å². The van der Waals surface area contributed by atoms with Gasteiger partial charge in [0.1, 0.15) is 0 Å². The number of hydrogen-bond acceptors (Lipinski definition) is 5. The van der Waals surface area contributed by atoms with E-state index in [1.54, 1.807) is 0 Å². The van der Waals surface area contributed by atoms with Crippen LogP contribution in [0.4, 0.5) is 26.3 Å². The fourth-order valence-corrected chi connectivity index (χ4v) is 6.53.